The van der Waals surface area contributed by atoms with Crippen LogP contribution in [0.5, 0.6) is 0 Å². The smallest absolute Gasteiger partial charge is 0.205 e. The van der Waals surface area contributed by atoms with Gasteiger partial charge in [-0.3, -0.25) is 4.79 Å². The number of carbonyl (C=O) groups is 1. The third-order valence-electron chi connectivity index (χ3n) is 3.25. The number of H-pyrrole nitrogens is 1. The van der Waals surface area contributed by atoms with Gasteiger partial charge in [0.05, 0.1) is 4.88 Å². The average molecular weight is 301 g/mol. The normalized spacial score (nSPS) is 11.4. The number of thiophene rings is 2. The number of aromatic amines is 1. The topological polar surface area (TPSA) is 32.9 Å². The number of ketones is 1. The van der Waals surface area contributed by atoms with Gasteiger partial charge < -0.3 is 4.98 Å². The van der Waals surface area contributed by atoms with Gasteiger partial charge in [-0.2, -0.15) is 0 Å². The summed E-state index contributed by atoms with van der Waals surface area (Å²) in [5, 5.41) is 2.64. The van der Waals surface area contributed by atoms with E-state index in [1.165, 1.54) is 23.5 Å². The van der Waals surface area contributed by atoms with Gasteiger partial charge in [-0.25, -0.2) is 4.39 Å². The van der Waals surface area contributed by atoms with Gasteiger partial charge in [-0.15, -0.1) is 22.7 Å². The van der Waals surface area contributed by atoms with Crippen LogP contribution in [0.15, 0.2) is 41.9 Å². The van der Waals surface area contributed by atoms with Crippen LogP contribution in [-0.2, 0) is 0 Å². The van der Waals surface area contributed by atoms with Crippen LogP contribution in [0.3, 0.4) is 0 Å². The van der Waals surface area contributed by atoms with Crippen LogP contribution >= 0.6 is 22.7 Å². The summed E-state index contributed by atoms with van der Waals surface area (Å²) in [5.74, 6) is -0.395. The lowest BCUT2D eigenvalue weighted by atomic mass is 10.1. The Morgan fingerprint density at radius 2 is 2.05 bits per heavy atom. The molecular weight excluding hydrogens is 293 g/mol. The van der Waals surface area contributed by atoms with E-state index in [1.807, 2.05) is 17.5 Å². The predicted octanol–water partition coefficient (Wildman–Crippen LogP) is 4.81. The first-order chi connectivity index (χ1) is 9.72. The van der Waals surface area contributed by atoms with Crippen molar-refractivity contribution in [2.24, 2.45) is 0 Å². The molecule has 0 aliphatic carbocycles. The maximum Gasteiger partial charge on any atom is 0.205 e. The van der Waals surface area contributed by atoms with Crippen LogP contribution in [0.2, 0.25) is 0 Å². The summed E-state index contributed by atoms with van der Waals surface area (Å²) in [6.45, 7) is 0. The molecule has 0 radical (unpaired) electrons. The zero-order chi connectivity index (χ0) is 13.7. The Morgan fingerprint density at radius 3 is 2.90 bits per heavy atom. The summed E-state index contributed by atoms with van der Waals surface area (Å²) in [6, 6.07) is 8.35. The molecule has 0 saturated heterocycles. The number of hydrogen-bond donors (Lipinski definition) is 1. The largest absolute Gasteiger partial charge is 0.360 e. The number of hydrogen-bond acceptors (Lipinski definition) is 3. The number of nitrogens with one attached hydrogen (secondary N) is 1. The minimum atomic E-state index is -0.335. The second-order valence-electron chi connectivity index (χ2n) is 4.48. The highest BCUT2D eigenvalue weighted by molar-refractivity contribution is 7.28. The van der Waals surface area contributed by atoms with E-state index in [-0.39, 0.29) is 11.6 Å². The van der Waals surface area contributed by atoms with Crippen LogP contribution in [-0.4, -0.2) is 10.8 Å². The standard InChI is InChI=1S/C15H8FNOS2/c16-8-1-2-11-9(5-8)10(7-17-11)15(18)14-6-13-12(20-14)3-4-19-13/h1-7,17H. The molecule has 4 rings (SSSR count). The number of aromatic nitrogens is 1. The van der Waals surface area contributed by atoms with Gasteiger partial charge in [-0.1, -0.05) is 0 Å². The van der Waals surface area contributed by atoms with E-state index in [0.29, 0.717) is 15.8 Å². The molecule has 0 saturated carbocycles. The molecule has 3 aromatic heterocycles. The highest BCUT2D eigenvalue weighted by atomic mass is 32.1. The fourth-order valence-electron chi connectivity index (χ4n) is 2.29. The van der Waals surface area contributed by atoms with Crippen molar-refractivity contribution in [3.63, 3.8) is 0 Å². The molecule has 0 atom stereocenters. The summed E-state index contributed by atoms with van der Waals surface area (Å²) in [6.07, 6.45) is 1.65. The zero-order valence-electron chi connectivity index (χ0n) is 10.1. The fourth-order valence-corrected chi connectivity index (χ4v) is 4.35. The number of carbonyl (C=O) groups excluding carboxylic acids is 1. The van der Waals surface area contributed by atoms with Gasteiger partial charge in [0.15, 0.2) is 0 Å². The van der Waals surface area contributed by atoms with Crippen molar-refractivity contribution >= 4 is 48.8 Å². The lowest BCUT2D eigenvalue weighted by Crippen LogP contribution is -1.96. The van der Waals surface area contributed by atoms with Gasteiger partial charge in [0, 0.05) is 32.1 Å². The number of fused-ring (bicyclic) bond motifs is 2. The van der Waals surface area contributed by atoms with Crippen molar-refractivity contribution in [2.45, 2.75) is 0 Å². The Balaban J connectivity index is 1.87. The van der Waals surface area contributed by atoms with E-state index in [0.717, 1.165) is 14.9 Å². The SMILES string of the molecule is O=C(c1cc2sccc2s1)c1c[nH]c2ccc(F)cc12. The first-order valence-electron chi connectivity index (χ1n) is 6.01. The monoisotopic (exact) mass is 301 g/mol. The summed E-state index contributed by atoms with van der Waals surface area (Å²) in [4.78, 5) is 16.3. The number of rotatable bonds is 2. The van der Waals surface area contributed by atoms with Crippen LogP contribution in [0.4, 0.5) is 4.39 Å². The lowest BCUT2D eigenvalue weighted by Gasteiger charge is -1.96. The summed E-state index contributed by atoms with van der Waals surface area (Å²) in [5.41, 5.74) is 1.29. The van der Waals surface area contributed by atoms with Crippen molar-refractivity contribution < 1.29 is 9.18 Å². The number of halogens is 1. The fraction of sp³-hybridized carbons (Fsp3) is 0. The summed E-state index contributed by atoms with van der Waals surface area (Å²) in [7, 11) is 0. The first-order valence-corrected chi connectivity index (χ1v) is 7.70. The molecule has 1 aromatic carbocycles. The minimum Gasteiger partial charge on any atom is -0.360 e. The van der Waals surface area contributed by atoms with Crippen molar-refractivity contribution in [2.75, 3.05) is 0 Å². The van der Waals surface area contributed by atoms with E-state index in [1.54, 1.807) is 23.6 Å². The Kier molecular flexibility index (Phi) is 2.52. The third kappa shape index (κ3) is 1.71. The van der Waals surface area contributed by atoms with Gasteiger partial charge in [0.2, 0.25) is 5.78 Å². The van der Waals surface area contributed by atoms with E-state index in [2.05, 4.69) is 4.98 Å². The quantitative estimate of drug-likeness (QED) is 0.529. The van der Waals surface area contributed by atoms with Gasteiger partial charge in [0.1, 0.15) is 5.82 Å². The van der Waals surface area contributed by atoms with Gasteiger partial charge in [0.25, 0.3) is 0 Å². The Labute approximate surface area is 121 Å². The predicted molar refractivity (Wildman–Crippen MR) is 81.4 cm³/mol. The maximum atomic E-state index is 13.4. The molecule has 2 nitrogen and oxygen atoms in total. The molecule has 0 bridgehead atoms. The molecule has 98 valence electrons. The van der Waals surface area contributed by atoms with Gasteiger partial charge in [-0.05, 0) is 35.7 Å². The highest BCUT2D eigenvalue weighted by Crippen LogP contribution is 2.32. The van der Waals surface area contributed by atoms with Gasteiger partial charge >= 0.3 is 0 Å². The van der Waals surface area contributed by atoms with Crippen LogP contribution in [0.1, 0.15) is 15.2 Å². The lowest BCUT2D eigenvalue weighted by molar-refractivity contribution is 0.104. The van der Waals surface area contributed by atoms with E-state index < -0.39 is 0 Å². The highest BCUT2D eigenvalue weighted by Gasteiger charge is 2.17. The van der Waals surface area contributed by atoms with Crippen LogP contribution < -0.4 is 0 Å². The number of benzene rings is 1. The molecule has 0 fully saturated rings. The second-order valence-corrected chi connectivity index (χ2v) is 6.51. The molecule has 0 spiro atoms. The van der Waals surface area contributed by atoms with Crippen LogP contribution in [0.25, 0.3) is 20.3 Å². The van der Waals surface area contributed by atoms with E-state index in [9.17, 15) is 9.18 Å². The molecule has 3 heterocycles. The Bertz CT molecular complexity index is 919. The van der Waals surface area contributed by atoms with E-state index in [4.69, 9.17) is 0 Å². The zero-order valence-corrected chi connectivity index (χ0v) is 11.8. The van der Waals surface area contributed by atoms with Crippen molar-refractivity contribution in [3.8, 4) is 0 Å². The van der Waals surface area contributed by atoms with Crippen molar-refractivity contribution in [1.29, 1.82) is 0 Å². The average Bonchev–Trinajstić information content (AvgIpc) is 3.10. The molecule has 0 unspecified atom stereocenters. The van der Waals surface area contributed by atoms with Crippen molar-refractivity contribution in [3.05, 3.63) is 58.2 Å². The molecule has 5 heteroatoms. The molecule has 0 amide bonds. The molecular formula is C15H8FNOS2. The summed E-state index contributed by atoms with van der Waals surface area (Å²) < 4.78 is 15.6. The molecule has 4 aromatic rings. The third-order valence-corrected chi connectivity index (χ3v) is 5.34. The first kappa shape index (κ1) is 11.8. The molecule has 0 aliphatic heterocycles. The Morgan fingerprint density at radius 1 is 1.15 bits per heavy atom. The minimum absolute atomic E-state index is 0.0600. The van der Waals surface area contributed by atoms with E-state index >= 15 is 0 Å². The van der Waals surface area contributed by atoms with Crippen molar-refractivity contribution in [1.82, 2.24) is 4.98 Å². The van der Waals surface area contributed by atoms with Crippen LogP contribution in [0, 0.1) is 5.82 Å². The Hall–Kier alpha value is -1.98. The maximum absolute atomic E-state index is 13.4. The molecule has 20 heavy (non-hydrogen) atoms. The molecule has 1 N–H and O–H groups in total. The molecule has 0 aliphatic rings. The summed E-state index contributed by atoms with van der Waals surface area (Å²) >= 11 is 3.10. The second kappa shape index (κ2) is 4.26.